The molecular weight excluding hydrogens is 508 g/mol. The fraction of sp³-hybridized carbons (Fsp3) is 0.150. The van der Waals surface area contributed by atoms with Crippen LogP contribution >= 0.6 is 0 Å². The molecule has 0 aliphatic carbocycles. The lowest BCUT2D eigenvalue weighted by Gasteiger charge is -2.19. The van der Waals surface area contributed by atoms with Crippen LogP contribution in [0.2, 0.25) is 0 Å². The van der Waals surface area contributed by atoms with E-state index in [0.717, 1.165) is 5.69 Å². The van der Waals surface area contributed by atoms with Crippen LogP contribution in [0.5, 0.6) is 0 Å². The van der Waals surface area contributed by atoms with Crippen molar-refractivity contribution in [1.29, 1.82) is 0 Å². The first kappa shape index (κ1) is 26.1. The van der Waals surface area contributed by atoms with Gasteiger partial charge in [-0.25, -0.2) is 0 Å². The molecule has 5 aromatic carbocycles. The Labute approximate surface area is 248 Å². The maximum absolute atomic E-state index is 2.43. The SMILES string of the molecule is Cc1ccccc1-c1cccc[n+]1-[n+]1ccc(C(C)(C)C)cc1-c1cc2c3ccccc3c3ccccc3c2cc1C. The van der Waals surface area contributed by atoms with Gasteiger partial charge in [-0.1, -0.05) is 87.5 Å². The van der Waals surface area contributed by atoms with E-state index in [1.165, 1.54) is 65.8 Å². The van der Waals surface area contributed by atoms with Gasteiger partial charge in [0.1, 0.15) is 0 Å². The van der Waals surface area contributed by atoms with Crippen molar-refractivity contribution in [2.24, 2.45) is 0 Å². The first-order chi connectivity index (χ1) is 20.3. The van der Waals surface area contributed by atoms with Crippen LogP contribution in [0.25, 0.3) is 54.8 Å². The zero-order valence-corrected chi connectivity index (χ0v) is 25.0. The van der Waals surface area contributed by atoms with Gasteiger partial charge >= 0.3 is 0 Å². The Hall–Kier alpha value is -4.82. The third-order valence-electron chi connectivity index (χ3n) is 8.66. The molecule has 2 heteroatoms. The summed E-state index contributed by atoms with van der Waals surface area (Å²) in [6.07, 6.45) is 4.40. The summed E-state index contributed by atoms with van der Waals surface area (Å²) < 4.78 is 4.60. The van der Waals surface area contributed by atoms with Gasteiger partial charge in [0.2, 0.25) is 12.4 Å². The Morgan fingerprint density at radius 3 is 1.62 bits per heavy atom. The summed E-state index contributed by atoms with van der Waals surface area (Å²) in [6, 6.07) is 42.2. The van der Waals surface area contributed by atoms with Gasteiger partial charge in [0.15, 0.2) is 0 Å². The molecule has 204 valence electrons. The topological polar surface area (TPSA) is 7.76 Å². The lowest BCUT2D eigenvalue weighted by atomic mass is 9.86. The van der Waals surface area contributed by atoms with E-state index in [1.807, 2.05) is 0 Å². The maximum atomic E-state index is 2.43. The molecule has 0 N–H and O–H groups in total. The Morgan fingerprint density at radius 1 is 0.429 bits per heavy atom. The molecular formula is C40H36N2+2. The molecule has 0 fully saturated rings. The molecule has 7 aromatic rings. The van der Waals surface area contributed by atoms with Crippen LogP contribution < -0.4 is 9.35 Å². The Balaban J connectivity index is 1.57. The van der Waals surface area contributed by atoms with Crippen LogP contribution in [0.15, 0.2) is 128 Å². The van der Waals surface area contributed by atoms with Crippen molar-refractivity contribution in [2.75, 3.05) is 0 Å². The van der Waals surface area contributed by atoms with Crippen molar-refractivity contribution in [3.63, 3.8) is 0 Å². The molecule has 2 aromatic heterocycles. The Bertz CT molecular complexity index is 2150. The quantitative estimate of drug-likeness (QED) is 0.155. The van der Waals surface area contributed by atoms with Crippen LogP contribution in [0.4, 0.5) is 0 Å². The van der Waals surface area contributed by atoms with Gasteiger partial charge in [0, 0.05) is 24.3 Å². The Morgan fingerprint density at radius 2 is 0.976 bits per heavy atom. The summed E-state index contributed by atoms with van der Waals surface area (Å²) in [5, 5.41) is 7.79. The van der Waals surface area contributed by atoms with Gasteiger partial charge < -0.3 is 0 Å². The summed E-state index contributed by atoms with van der Waals surface area (Å²) in [6.45, 7) is 11.3. The average molecular weight is 545 g/mol. The minimum atomic E-state index is 0.0156. The molecule has 2 heterocycles. The van der Waals surface area contributed by atoms with Crippen LogP contribution in [0, 0.1) is 13.8 Å². The third kappa shape index (κ3) is 4.26. The molecule has 0 unspecified atom stereocenters. The number of fused-ring (bicyclic) bond motifs is 6. The highest BCUT2D eigenvalue weighted by Crippen LogP contribution is 2.38. The largest absolute Gasteiger partial charge is 0.284 e. The highest BCUT2D eigenvalue weighted by atomic mass is 15.4. The number of rotatable bonds is 3. The molecule has 0 atom stereocenters. The van der Waals surface area contributed by atoms with E-state index in [0.29, 0.717) is 0 Å². The third-order valence-corrected chi connectivity index (χ3v) is 8.66. The average Bonchev–Trinajstić information content (AvgIpc) is 3.00. The molecule has 0 aliphatic heterocycles. The van der Waals surface area contributed by atoms with Crippen LogP contribution in [0.1, 0.15) is 37.5 Å². The molecule has 0 spiro atoms. The normalized spacial score (nSPS) is 11.9. The second kappa shape index (κ2) is 9.92. The van der Waals surface area contributed by atoms with E-state index in [-0.39, 0.29) is 5.41 Å². The van der Waals surface area contributed by atoms with E-state index in [4.69, 9.17) is 0 Å². The van der Waals surface area contributed by atoms with Gasteiger partial charge in [-0.15, -0.1) is 0 Å². The number of aromatic nitrogens is 2. The van der Waals surface area contributed by atoms with Gasteiger partial charge in [0.05, 0.1) is 20.5 Å². The molecule has 7 rings (SSSR count). The van der Waals surface area contributed by atoms with Crippen LogP contribution in [-0.4, -0.2) is 0 Å². The second-order valence-electron chi connectivity index (χ2n) is 12.4. The van der Waals surface area contributed by atoms with Crippen molar-refractivity contribution >= 4 is 32.3 Å². The fourth-order valence-electron chi connectivity index (χ4n) is 6.38. The van der Waals surface area contributed by atoms with Crippen molar-refractivity contribution in [3.05, 3.63) is 144 Å². The second-order valence-corrected chi connectivity index (χ2v) is 12.4. The minimum absolute atomic E-state index is 0.0156. The molecule has 2 nitrogen and oxygen atoms in total. The molecule has 0 aliphatic rings. The minimum Gasteiger partial charge on any atom is -0.0620 e. The summed E-state index contributed by atoms with van der Waals surface area (Å²) in [7, 11) is 0. The smallest absolute Gasteiger partial charge is 0.0620 e. The zero-order valence-electron chi connectivity index (χ0n) is 25.0. The standard InChI is InChI=1S/C40H36N2/c1-27-14-6-7-15-30(27)38-20-12-13-22-41(38)42-23-21-29(40(3,4)5)25-39(42)35-26-37-34-19-11-9-17-32(34)31-16-8-10-18-33(31)36(37)24-28(35)2/h6-26H,1-5H3/q+2. The molecule has 0 saturated heterocycles. The number of pyridine rings is 2. The number of nitrogens with zero attached hydrogens (tertiary/aromatic N) is 2. The van der Waals surface area contributed by atoms with E-state index in [1.54, 1.807) is 0 Å². The zero-order chi connectivity index (χ0) is 29.0. The lowest BCUT2D eigenvalue weighted by molar-refractivity contribution is -1.29. The van der Waals surface area contributed by atoms with Crippen molar-refractivity contribution in [1.82, 2.24) is 0 Å². The van der Waals surface area contributed by atoms with Crippen molar-refractivity contribution < 1.29 is 9.35 Å². The predicted octanol–water partition coefficient (Wildman–Crippen LogP) is 9.28. The number of hydrogen-bond donors (Lipinski definition) is 0. The van der Waals surface area contributed by atoms with Crippen LogP contribution in [-0.2, 0) is 5.41 Å². The monoisotopic (exact) mass is 544 g/mol. The molecule has 0 amide bonds. The van der Waals surface area contributed by atoms with Gasteiger partial charge in [-0.3, -0.25) is 0 Å². The first-order valence-corrected chi connectivity index (χ1v) is 14.8. The molecule has 0 saturated carbocycles. The fourth-order valence-corrected chi connectivity index (χ4v) is 6.38. The van der Waals surface area contributed by atoms with Gasteiger partial charge in [-0.2, -0.15) is 0 Å². The highest BCUT2D eigenvalue weighted by Gasteiger charge is 2.30. The van der Waals surface area contributed by atoms with E-state index in [9.17, 15) is 0 Å². The molecule has 0 radical (unpaired) electrons. The summed E-state index contributed by atoms with van der Waals surface area (Å²) in [4.78, 5) is 0. The number of aryl methyl sites for hydroxylation is 2. The summed E-state index contributed by atoms with van der Waals surface area (Å²) >= 11 is 0. The summed E-state index contributed by atoms with van der Waals surface area (Å²) in [5.41, 5.74) is 8.63. The van der Waals surface area contributed by atoms with E-state index < -0.39 is 0 Å². The molecule has 42 heavy (non-hydrogen) atoms. The predicted molar refractivity (Wildman–Crippen MR) is 176 cm³/mol. The first-order valence-electron chi connectivity index (χ1n) is 14.8. The van der Waals surface area contributed by atoms with Gasteiger partial charge in [0.25, 0.3) is 11.4 Å². The Kier molecular flexibility index (Phi) is 6.17. The summed E-state index contributed by atoms with van der Waals surface area (Å²) in [5.74, 6) is 0. The van der Waals surface area contributed by atoms with Crippen molar-refractivity contribution in [2.45, 2.75) is 40.0 Å². The van der Waals surface area contributed by atoms with E-state index in [2.05, 4.69) is 172 Å². The maximum Gasteiger partial charge on any atom is 0.284 e. The lowest BCUT2D eigenvalue weighted by Crippen LogP contribution is -2.68. The van der Waals surface area contributed by atoms with Crippen molar-refractivity contribution in [3.8, 4) is 22.5 Å². The molecule has 0 bridgehead atoms. The van der Waals surface area contributed by atoms with Gasteiger partial charge in [-0.05, 0) is 92.5 Å². The van der Waals surface area contributed by atoms with Crippen LogP contribution in [0.3, 0.4) is 0 Å². The van der Waals surface area contributed by atoms with E-state index >= 15 is 0 Å². The number of benzene rings is 5. The highest BCUT2D eigenvalue weighted by molar-refractivity contribution is 6.25. The number of hydrogen-bond acceptors (Lipinski definition) is 0.